The van der Waals surface area contributed by atoms with Crippen molar-refractivity contribution in [1.82, 2.24) is 0 Å². The molecular formula is C52H72O6. The molecule has 0 amide bonds. The van der Waals surface area contributed by atoms with Crippen LogP contribution in [-0.4, -0.2) is 24.8 Å². The van der Waals surface area contributed by atoms with Crippen molar-refractivity contribution in [3.05, 3.63) is 168 Å². The predicted molar refractivity (Wildman–Crippen MR) is 241 cm³/mol. The molecular weight excluding hydrogens is 721 g/mol. The second-order valence-corrected chi connectivity index (χ2v) is 12.8. The number of ether oxygens (including phenoxy) is 4. The molecule has 2 aliphatic heterocycles. The van der Waals surface area contributed by atoms with Gasteiger partial charge in [-0.3, -0.25) is 9.59 Å². The fourth-order valence-electron chi connectivity index (χ4n) is 6.14. The van der Waals surface area contributed by atoms with Crippen LogP contribution in [0.2, 0.25) is 0 Å². The second-order valence-electron chi connectivity index (χ2n) is 12.8. The smallest absolute Gasteiger partial charge is 0.184 e. The third-order valence-corrected chi connectivity index (χ3v) is 8.74. The van der Waals surface area contributed by atoms with E-state index in [0.717, 1.165) is 35.1 Å². The van der Waals surface area contributed by atoms with Gasteiger partial charge < -0.3 is 18.9 Å². The van der Waals surface area contributed by atoms with Crippen molar-refractivity contribution < 1.29 is 28.5 Å². The molecule has 2 aliphatic rings. The van der Waals surface area contributed by atoms with Crippen LogP contribution in [0.3, 0.4) is 0 Å². The largest absolute Gasteiger partial charge is 0.348 e. The van der Waals surface area contributed by atoms with E-state index in [1.165, 1.54) is 0 Å². The van der Waals surface area contributed by atoms with Gasteiger partial charge in [0.2, 0.25) is 0 Å². The van der Waals surface area contributed by atoms with Crippen LogP contribution in [-0.2, 0) is 28.5 Å². The molecule has 0 bridgehead atoms. The Morgan fingerprint density at radius 3 is 1.00 bits per heavy atom. The summed E-state index contributed by atoms with van der Waals surface area (Å²) in [7, 11) is 0. The summed E-state index contributed by atoms with van der Waals surface area (Å²) in [4.78, 5) is 22.2. The second kappa shape index (κ2) is 32.5. The minimum absolute atomic E-state index is 0.0258. The molecule has 6 atom stereocenters. The molecule has 0 radical (unpaired) electrons. The van der Waals surface area contributed by atoms with Crippen molar-refractivity contribution in [2.45, 2.75) is 120 Å². The summed E-state index contributed by atoms with van der Waals surface area (Å²) in [6, 6.07) is 40.7. The number of ketones is 2. The summed E-state index contributed by atoms with van der Waals surface area (Å²) in [6.07, 6.45) is 9.89. The molecule has 0 aromatic heterocycles. The molecule has 316 valence electrons. The Morgan fingerprint density at radius 2 is 0.724 bits per heavy atom. The molecule has 6 nitrogen and oxygen atoms in total. The summed E-state index contributed by atoms with van der Waals surface area (Å²) in [5.41, 5.74) is 4.40. The van der Waals surface area contributed by atoms with Gasteiger partial charge in [0.15, 0.2) is 12.6 Å². The van der Waals surface area contributed by atoms with E-state index in [2.05, 4.69) is 36.4 Å². The standard InChI is InChI=1S/2C22H24O3.4C2H6/c2*1-17(23)10-8-9-15-20-16-24-22(19-13-6-3-7-14-19)25-21(20)18-11-4-2-5-12-18;4*1-2/h2*2-9,11-14,20-22H,10,15-16H2,1H3;4*1-2H3/b2*9-8-;;;;/t2*20-,21-,22+;;;;/m10..../s1. The SMILES string of the molecule is CC.CC.CC.CC.CC(=O)C/C=C\C[C@@H]1CO[C@H](c2ccccc2)O[C@@H]1c1ccccc1.CC(=O)C/C=C\C[C@H]1CO[C@@H](c2ccccc2)O[C@H]1c1ccccc1. The number of benzene rings is 4. The highest BCUT2D eigenvalue weighted by Gasteiger charge is 2.34. The lowest BCUT2D eigenvalue weighted by atomic mass is 9.92. The van der Waals surface area contributed by atoms with Crippen LogP contribution in [0.15, 0.2) is 146 Å². The quantitative estimate of drug-likeness (QED) is 0.133. The van der Waals surface area contributed by atoms with Crippen LogP contribution in [0.25, 0.3) is 0 Å². The van der Waals surface area contributed by atoms with E-state index in [1.54, 1.807) is 13.8 Å². The van der Waals surface area contributed by atoms with E-state index >= 15 is 0 Å². The zero-order valence-corrected chi connectivity index (χ0v) is 37.0. The highest BCUT2D eigenvalue weighted by molar-refractivity contribution is 5.77. The Bertz CT molecular complexity index is 1510. The average molecular weight is 793 g/mol. The summed E-state index contributed by atoms with van der Waals surface area (Å²) >= 11 is 0. The van der Waals surface area contributed by atoms with Crippen LogP contribution >= 0.6 is 0 Å². The third-order valence-electron chi connectivity index (χ3n) is 8.74. The zero-order chi connectivity index (χ0) is 43.0. The van der Waals surface area contributed by atoms with E-state index in [-0.39, 0.29) is 48.2 Å². The third kappa shape index (κ3) is 18.9. The van der Waals surface area contributed by atoms with Gasteiger partial charge in [-0.05, 0) is 37.8 Å². The zero-order valence-electron chi connectivity index (χ0n) is 37.0. The van der Waals surface area contributed by atoms with Crippen molar-refractivity contribution in [3.8, 4) is 0 Å². The van der Waals surface area contributed by atoms with Gasteiger partial charge in [-0.15, -0.1) is 0 Å². The highest BCUT2D eigenvalue weighted by atomic mass is 16.7. The van der Waals surface area contributed by atoms with Gasteiger partial charge in [0.05, 0.1) is 25.4 Å². The van der Waals surface area contributed by atoms with Crippen LogP contribution in [0.1, 0.15) is 142 Å². The van der Waals surface area contributed by atoms with Crippen LogP contribution in [0.4, 0.5) is 0 Å². The minimum Gasteiger partial charge on any atom is -0.348 e. The first kappa shape index (κ1) is 51.6. The number of Topliss-reactive ketones (excluding diaryl/α,β-unsaturated/α-hetero) is 2. The van der Waals surface area contributed by atoms with Gasteiger partial charge in [-0.2, -0.15) is 0 Å². The Morgan fingerprint density at radius 1 is 0.448 bits per heavy atom. The van der Waals surface area contributed by atoms with Crippen LogP contribution < -0.4 is 0 Å². The molecule has 4 aromatic rings. The normalized spacial score (nSPS) is 20.8. The molecule has 0 unspecified atom stereocenters. The van der Waals surface area contributed by atoms with Crippen LogP contribution in [0.5, 0.6) is 0 Å². The van der Waals surface area contributed by atoms with E-state index < -0.39 is 0 Å². The molecule has 0 spiro atoms. The number of allylic oxidation sites excluding steroid dienone is 4. The number of rotatable bonds is 12. The van der Waals surface area contributed by atoms with Crippen molar-refractivity contribution in [1.29, 1.82) is 0 Å². The fraction of sp³-hybridized carbons (Fsp3) is 0.423. The maximum absolute atomic E-state index is 11.1. The van der Waals surface area contributed by atoms with E-state index in [1.807, 2.05) is 165 Å². The first-order valence-corrected chi connectivity index (χ1v) is 21.5. The Hall–Kier alpha value is -4.46. The molecule has 0 aliphatic carbocycles. The Kier molecular flexibility index (Phi) is 28.9. The fourth-order valence-corrected chi connectivity index (χ4v) is 6.14. The van der Waals surface area contributed by atoms with E-state index in [4.69, 9.17) is 18.9 Å². The lowest BCUT2D eigenvalue weighted by molar-refractivity contribution is -0.244. The van der Waals surface area contributed by atoms with E-state index in [0.29, 0.717) is 26.1 Å². The molecule has 6 heteroatoms. The van der Waals surface area contributed by atoms with Crippen molar-refractivity contribution in [3.63, 3.8) is 0 Å². The first-order valence-electron chi connectivity index (χ1n) is 21.5. The molecule has 2 heterocycles. The average Bonchev–Trinajstić information content (AvgIpc) is 3.30. The van der Waals surface area contributed by atoms with E-state index in [9.17, 15) is 9.59 Å². The maximum Gasteiger partial charge on any atom is 0.184 e. The molecule has 4 aromatic carbocycles. The van der Waals surface area contributed by atoms with Gasteiger partial charge in [-0.25, -0.2) is 0 Å². The summed E-state index contributed by atoms with van der Waals surface area (Å²) in [6.45, 7) is 20.5. The molecule has 0 saturated carbocycles. The lowest BCUT2D eigenvalue weighted by Crippen LogP contribution is -2.30. The van der Waals surface area contributed by atoms with Gasteiger partial charge in [0.25, 0.3) is 0 Å². The maximum atomic E-state index is 11.1. The van der Waals surface area contributed by atoms with Crippen LogP contribution in [0, 0.1) is 11.8 Å². The number of carbonyl (C=O) groups excluding carboxylic acids is 2. The molecule has 6 rings (SSSR count). The number of carbonyl (C=O) groups is 2. The van der Waals surface area contributed by atoms with Crippen molar-refractivity contribution >= 4 is 11.6 Å². The highest BCUT2D eigenvalue weighted by Crippen LogP contribution is 2.41. The molecule has 0 N–H and O–H groups in total. The monoisotopic (exact) mass is 793 g/mol. The van der Waals surface area contributed by atoms with Crippen molar-refractivity contribution in [2.24, 2.45) is 11.8 Å². The Balaban J connectivity index is 0.000000495. The molecule has 2 saturated heterocycles. The Labute approximate surface area is 351 Å². The number of hydrogen-bond donors (Lipinski definition) is 0. The topological polar surface area (TPSA) is 71.1 Å². The van der Waals surface area contributed by atoms with Gasteiger partial charge in [-0.1, -0.05) is 201 Å². The molecule has 2 fully saturated rings. The number of hydrogen-bond acceptors (Lipinski definition) is 6. The summed E-state index contributed by atoms with van der Waals surface area (Å²) in [5, 5.41) is 0. The van der Waals surface area contributed by atoms with Crippen molar-refractivity contribution in [2.75, 3.05) is 13.2 Å². The predicted octanol–water partition coefficient (Wildman–Crippen LogP) is 14.1. The van der Waals surface area contributed by atoms with Gasteiger partial charge in [0, 0.05) is 35.8 Å². The first-order chi connectivity index (χ1) is 28.5. The molecule has 58 heavy (non-hydrogen) atoms. The lowest BCUT2D eigenvalue weighted by Gasteiger charge is -2.36. The minimum atomic E-state index is -0.344. The van der Waals surface area contributed by atoms with Gasteiger partial charge in [0.1, 0.15) is 11.6 Å². The van der Waals surface area contributed by atoms with Gasteiger partial charge >= 0.3 is 0 Å². The summed E-state index contributed by atoms with van der Waals surface area (Å²) < 4.78 is 24.6. The summed E-state index contributed by atoms with van der Waals surface area (Å²) in [5.74, 6) is 0.809.